The summed E-state index contributed by atoms with van der Waals surface area (Å²) in [6.45, 7) is 4.44. The quantitative estimate of drug-likeness (QED) is 0.592. The van der Waals surface area contributed by atoms with E-state index in [2.05, 4.69) is 24.9 Å². The molecule has 0 nitrogen and oxygen atoms in total. The summed E-state index contributed by atoms with van der Waals surface area (Å²) in [5.41, 5.74) is 0. The fraction of sp³-hybridized carbons (Fsp3) is 0.250. The summed E-state index contributed by atoms with van der Waals surface area (Å²) >= 11 is 2.58. The first-order valence-electron chi connectivity index (χ1n) is 3.22. The minimum atomic E-state index is 0.643. The molecule has 0 aliphatic rings. The second kappa shape index (κ2) is 2.23. The van der Waals surface area contributed by atoms with Crippen molar-refractivity contribution in [2.45, 2.75) is 13.8 Å². The van der Waals surface area contributed by atoms with Gasteiger partial charge in [-0.15, -0.1) is 0 Å². The average molecular weight is 215 g/mol. The fourth-order valence-corrected chi connectivity index (χ4v) is 4.58. The van der Waals surface area contributed by atoms with Gasteiger partial charge in [0.25, 0.3) is 0 Å². The third-order valence-corrected chi connectivity index (χ3v) is 5.17. The van der Waals surface area contributed by atoms with E-state index >= 15 is 0 Å². The third-order valence-electron chi connectivity index (χ3n) is 1.67. The molecule has 2 aromatic rings. The zero-order valence-electron chi connectivity index (χ0n) is 5.97. The van der Waals surface area contributed by atoms with Crippen LogP contribution in [0.5, 0.6) is 0 Å². The molecule has 0 saturated heterocycles. The standard InChI is InChI=1S/C8H8SSe/c1-5-7-3-4-10-8(7)6(2)9-5/h3-4H,1-2H3. The molecule has 0 spiro atoms. The van der Waals surface area contributed by atoms with Gasteiger partial charge in [0.05, 0.1) is 0 Å². The van der Waals surface area contributed by atoms with Crippen LogP contribution in [-0.2, 0) is 0 Å². The molecule has 0 aliphatic carbocycles. The predicted molar refractivity (Wildman–Crippen MR) is 48.2 cm³/mol. The fourth-order valence-electron chi connectivity index (χ4n) is 1.19. The first-order valence-corrected chi connectivity index (χ1v) is 5.88. The summed E-state index contributed by atoms with van der Waals surface area (Å²) in [6.07, 6.45) is 0. The van der Waals surface area contributed by atoms with Crippen molar-refractivity contribution in [3.63, 3.8) is 0 Å². The van der Waals surface area contributed by atoms with Crippen molar-refractivity contribution in [1.29, 1.82) is 0 Å². The summed E-state index contributed by atoms with van der Waals surface area (Å²) in [5, 5.41) is 1.52. The van der Waals surface area contributed by atoms with Crippen LogP contribution >= 0.6 is 11.3 Å². The normalized spacial score (nSPS) is 11.0. The van der Waals surface area contributed by atoms with E-state index in [1.165, 1.54) is 15.1 Å². The molecule has 0 N–H and O–H groups in total. The van der Waals surface area contributed by atoms with E-state index < -0.39 is 0 Å². The van der Waals surface area contributed by atoms with E-state index in [1.807, 2.05) is 11.3 Å². The zero-order chi connectivity index (χ0) is 7.14. The van der Waals surface area contributed by atoms with Gasteiger partial charge in [0.1, 0.15) is 0 Å². The van der Waals surface area contributed by atoms with Crippen LogP contribution in [0.1, 0.15) is 9.75 Å². The minimum absolute atomic E-state index is 0.643. The van der Waals surface area contributed by atoms with Gasteiger partial charge >= 0.3 is 70.1 Å². The number of fused-ring (bicyclic) bond motifs is 1. The first kappa shape index (κ1) is 6.66. The Balaban J connectivity index is 2.98. The Labute approximate surface area is 70.2 Å². The Hall–Kier alpha value is -0.0405. The van der Waals surface area contributed by atoms with Crippen LogP contribution < -0.4 is 0 Å². The van der Waals surface area contributed by atoms with Gasteiger partial charge in [0.15, 0.2) is 0 Å². The van der Waals surface area contributed by atoms with Gasteiger partial charge in [-0.2, -0.15) is 0 Å². The van der Waals surface area contributed by atoms with Crippen molar-refractivity contribution >= 4 is 35.5 Å². The second-order valence-corrected chi connectivity index (χ2v) is 5.73. The van der Waals surface area contributed by atoms with Crippen LogP contribution in [-0.4, -0.2) is 14.5 Å². The molecule has 10 heavy (non-hydrogen) atoms. The molecule has 0 fully saturated rings. The van der Waals surface area contributed by atoms with Crippen molar-refractivity contribution in [1.82, 2.24) is 0 Å². The molecule has 0 atom stereocenters. The maximum absolute atomic E-state index is 2.31. The number of hydrogen-bond acceptors (Lipinski definition) is 1. The Morgan fingerprint density at radius 3 is 2.80 bits per heavy atom. The van der Waals surface area contributed by atoms with Crippen LogP contribution in [0.25, 0.3) is 9.65 Å². The van der Waals surface area contributed by atoms with Crippen LogP contribution in [0.3, 0.4) is 0 Å². The monoisotopic (exact) mass is 216 g/mol. The number of hydrogen-bond donors (Lipinski definition) is 0. The van der Waals surface area contributed by atoms with Gasteiger partial charge in [0.2, 0.25) is 0 Å². The van der Waals surface area contributed by atoms with Crippen LogP contribution in [0.2, 0.25) is 0 Å². The van der Waals surface area contributed by atoms with Crippen LogP contribution in [0, 0.1) is 13.8 Å². The Kier molecular flexibility index (Phi) is 1.48. The molecule has 0 bridgehead atoms. The van der Waals surface area contributed by atoms with E-state index in [1.54, 1.807) is 4.26 Å². The number of aryl methyl sites for hydroxylation is 2. The Morgan fingerprint density at radius 2 is 2.10 bits per heavy atom. The summed E-state index contributed by atoms with van der Waals surface area (Å²) < 4.78 is 1.62. The Bertz CT molecular complexity index is 325. The van der Waals surface area contributed by atoms with Crippen molar-refractivity contribution in [3.05, 3.63) is 20.8 Å². The summed E-state index contributed by atoms with van der Waals surface area (Å²) in [6, 6.07) is 2.27. The van der Waals surface area contributed by atoms with Gasteiger partial charge in [-0.05, 0) is 0 Å². The Morgan fingerprint density at radius 1 is 1.30 bits per heavy atom. The molecule has 2 rings (SSSR count). The molecule has 2 aromatic heterocycles. The van der Waals surface area contributed by atoms with E-state index in [0.29, 0.717) is 14.5 Å². The average Bonchev–Trinajstić information content (AvgIpc) is 2.39. The van der Waals surface area contributed by atoms with Crippen LogP contribution in [0.15, 0.2) is 11.0 Å². The van der Waals surface area contributed by atoms with Gasteiger partial charge in [-0.3, -0.25) is 0 Å². The summed E-state index contributed by atoms with van der Waals surface area (Å²) in [7, 11) is 0. The van der Waals surface area contributed by atoms with Crippen molar-refractivity contribution < 1.29 is 0 Å². The van der Waals surface area contributed by atoms with Crippen molar-refractivity contribution in [2.75, 3.05) is 0 Å². The van der Waals surface area contributed by atoms with Gasteiger partial charge < -0.3 is 0 Å². The van der Waals surface area contributed by atoms with E-state index in [4.69, 9.17) is 0 Å². The van der Waals surface area contributed by atoms with Crippen molar-refractivity contribution in [3.8, 4) is 0 Å². The van der Waals surface area contributed by atoms with Gasteiger partial charge in [-0.1, -0.05) is 0 Å². The number of rotatable bonds is 0. The summed E-state index contributed by atoms with van der Waals surface area (Å²) in [4.78, 5) is 5.32. The maximum atomic E-state index is 2.31. The molecule has 2 heterocycles. The topological polar surface area (TPSA) is 0 Å². The zero-order valence-corrected chi connectivity index (χ0v) is 8.50. The first-order chi connectivity index (χ1) is 4.79. The molecule has 2 heteroatoms. The SMILES string of the molecule is Cc1sc(C)c2[se]ccc12. The third kappa shape index (κ3) is 0.799. The molecule has 0 saturated carbocycles. The molecule has 52 valence electrons. The molecular weight excluding hydrogens is 207 g/mol. The van der Waals surface area contributed by atoms with Crippen LogP contribution in [0.4, 0.5) is 0 Å². The predicted octanol–water partition coefficient (Wildman–Crippen LogP) is 2.58. The molecule has 0 unspecified atom stereocenters. The molecule has 0 aliphatic heterocycles. The second-order valence-electron chi connectivity index (χ2n) is 2.38. The molecule has 0 radical (unpaired) electrons. The molecular formula is C8H8SSe. The van der Waals surface area contributed by atoms with Gasteiger partial charge in [-0.25, -0.2) is 0 Å². The molecule has 0 aromatic carbocycles. The van der Waals surface area contributed by atoms with E-state index in [0.717, 1.165) is 0 Å². The molecule has 0 amide bonds. The van der Waals surface area contributed by atoms with E-state index in [-0.39, 0.29) is 0 Å². The van der Waals surface area contributed by atoms with E-state index in [9.17, 15) is 0 Å². The van der Waals surface area contributed by atoms with Crippen molar-refractivity contribution in [2.24, 2.45) is 0 Å². The number of thiophene rings is 1. The summed E-state index contributed by atoms with van der Waals surface area (Å²) in [5.74, 6) is 0. The van der Waals surface area contributed by atoms with Gasteiger partial charge in [0, 0.05) is 0 Å².